The average molecular weight is 509 g/mol. The molecule has 0 radical (unpaired) electrons. The van der Waals surface area contributed by atoms with Crippen LogP contribution >= 0.6 is 0 Å². The molecule has 0 atom stereocenters. The van der Waals surface area contributed by atoms with Gasteiger partial charge in [0.15, 0.2) is 0 Å². The fourth-order valence-corrected chi connectivity index (χ4v) is 5.42. The Morgan fingerprint density at radius 2 is 0.842 bits per heavy atom. The first-order valence-corrected chi connectivity index (χ1v) is 13.7. The Labute approximate surface area is 225 Å². The number of para-hydroxylation sites is 4. The lowest BCUT2D eigenvalue weighted by Gasteiger charge is -2.19. The average Bonchev–Trinajstić information content (AvgIpc) is 2.91. The van der Waals surface area contributed by atoms with Gasteiger partial charge in [0.25, 0.3) is 0 Å². The molecule has 0 heterocycles. The van der Waals surface area contributed by atoms with E-state index in [4.69, 9.17) is 4.74 Å². The van der Waals surface area contributed by atoms with Crippen molar-refractivity contribution in [1.29, 1.82) is 0 Å². The van der Waals surface area contributed by atoms with E-state index in [1.165, 1.54) is 12.8 Å². The van der Waals surface area contributed by atoms with Crippen molar-refractivity contribution in [2.75, 3.05) is 6.61 Å². The molecule has 1 aliphatic rings. The van der Waals surface area contributed by atoms with Crippen LogP contribution in [-0.2, 0) is 25.7 Å². The third-order valence-electron chi connectivity index (χ3n) is 7.56. The predicted octanol–water partition coefficient (Wildman–Crippen LogP) is 7.44. The predicted molar refractivity (Wildman–Crippen MR) is 152 cm³/mol. The highest BCUT2D eigenvalue weighted by Crippen LogP contribution is 2.37. The second-order valence-electron chi connectivity index (χ2n) is 10.3. The first-order chi connectivity index (χ1) is 18.5. The molecule has 0 saturated carbocycles. The summed E-state index contributed by atoms with van der Waals surface area (Å²) >= 11 is 0. The molecular weight excluding hydrogens is 472 g/mol. The molecule has 5 rings (SSSR count). The summed E-state index contributed by atoms with van der Waals surface area (Å²) in [6.45, 7) is 2.84. The van der Waals surface area contributed by atoms with Gasteiger partial charge in [0, 0.05) is 25.7 Å². The summed E-state index contributed by atoms with van der Waals surface area (Å²) in [6, 6.07) is 23.5. The van der Waals surface area contributed by atoms with E-state index < -0.39 is 0 Å². The molecule has 38 heavy (non-hydrogen) atoms. The first kappa shape index (κ1) is 25.7. The maximum atomic E-state index is 11.3. The summed E-state index contributed by atoms with van der Waals surface area (Å²) in [5, 5.41) is 33.6. The quantitative estimate of drug-likeness (QED) is 0.209. The first-order valence-electron chi connectivity index (χ1n) is 13.7. The Hall–Kier alpha value is -3.92. The Kier molecular flexibility index (Phi) is 7.88. The molecule has 0 fully saturated rings. The largest absolute Gasteiger partial charge is 0.507 e. The van der Waals surface area contributed by atoms with Gasteiger partial charge < -0.3 is 20.1 Å². The van der Waals surface area contributed by atoms with E-state index in [2.05, 4.69) is 19.1 Å². The molecule has 8 bridgehead atoms. The van der Waals surface area contributed by atoms with Crippen molar-refractivity contribution in [2.24, 2.45) is 0 Å². The highest BCUT2D eigenvalue weighted by Gasteiger charge is 2.19. The molecule has 0 unspecified atom stereocenters. The van der Waals surface area contributed by atoms with Crippen LogP contribution in [0.25, 0.3) is 0 Å². The van der Waals surface area contributed by atoms with E-state index >= 15 is 0 Å². The van der Waals surface area contributed by atoms with Gasteiger partial charge in [-0.3, -0.25) is 0 Å². The van der Waals surface area contributed by atoms with E-state index in [-0.39, 0.29) is 17.2 Å². The van der Waals surface area contributed by atoms with Gasteiger partial charge in [-0.05, 0) is 50.9 Å². The second-order valence-corrected chi connectivity index (χ2v) is 10.3. The van der Waals surface area contributed by atoms with E-state index in [1.54, 1.807) is 0 Å². The SMILES string of the molecule is CCCCCCOc1c2cccc1Cc1cccc(c1O)Cc1cccc(c1O)Cc1cccc(c1O)C2. The van der Waals surface area contributed by atoms with Crippen LogP contribution in [0.3, 0.4) is 0 Å². The Balaban J connectivity index is 1.62. The van der Waals surface area contributed by atoms with Crippen molar-refractivity contribution < 1.29 is 20.1 Å². The number of phenols is 3. The lowest BCUT2D eigenvalue weighted by molar-refractivity contribution is 0.300. The summed E-state index contributed by atoms with van der Waals surface area (Å²) in [4.78, 5) is 0. The number of fused-ring (bicyclic) bond motifs is 8. The van der Waals surface area contributed by atoms with Crippen molar-refractivity contribution in [2.45, 2.75) is 58.3 Å². The van der Waals surface area contributed by atoms with Gasteiger partial charge in [-0.25, -0.2) is 0 Å². The van der Waals surface area contributed by atoms with Crippen LogP contribution in [0.4, 0.5) is 0 Å². The molecule has 0 amide bonds. The van der Waals surface area contributed by atoms with Crippen LogP contribution in [0.5, 0.6) is 23.0 Å². The van der Waals surface area contributed by atoms with Crippen LogP contribution < -0.4 is 4.74 Å². The molecule has 4 heteroatoms. The van der Waals surface area contributed by atoms with Crippen LogP contribution in [0.2, 0.25) is 0 Å². The number of unbranched alkanes of at least 4 members (excludes halogenated alkanes) is 3. The molecule has 4 aromatic carbocycles. The van der Waals surface area contributed by atoms with Crippen LogP contribution in [-0.4, -0.2) is 21.9 Å². The number of phenolic OH excluding ortho intramolecular Hbond substituents is 3. The minimum atomic E-state index is 0.207. The zero-order chi connectivity index (χ0) is 26.5. The van der Waals surface area contributed by atoms with Gasteiger partial charge in [0.2, 0.25) is 0 Å². The highest BCUT2D eigenvalue weighted by atomic mass is 16.5. The highest BCUT2D eigenvalue weighted by molar-refractivity contribution is 5.54. The zero-order valence-corrected chi connectivity index (χ0v) is 22.0. The molecular formula is C34H36O4. The minimum absolute atomic E-state index is 0.207. The maximum Gasteiger partial charge on any atom is 0.126 e. The summed E-state index contributed by atoms with van der Waals surface area (Å²) in [6.07, 6.45) is 6.35. The van der Waals surface area contributed by atoms with Crippen molar-refractivity contribution in [3.05, 3.63) is 117 Å². The Bertz CT molecular complexity index is 1330. The topological polar surface area (TPSA) is 69.9 Å². The molecule has 0 aromatic heterocycles. The van der Waals surface area contributed by atoms with E-state index in [0.717, 1.165) is 63.1 Å². The molecule has 4 nitrogen and oxygen atoms in total. The van der Waals surface area contributed by atoms with Gasteiger partial charge in [-0.1, -0.05) is 99.0 Å². The maximum absolute atomic E-state index is 11.3. The van der Waals surface area contributed by atoms with Crippen LogP contribution in [0.15, 0.2) is 72.8 Å². The van der Waals surface area contributed by atoms with Crippen molar-refractivity contribution in [3.8, 4) is 23.0 Å². The summed E-state index contributed by atoms with van der Waals surface area (Å²) in [7, 11) is 0. The lowest BCUT2D eigenvalue weighted by atomic mass is 9.91. The van der Waals surface area contributed by atoms with E-state index in [9.17, 15) is 15.3 Å². The molecule has 3 N–H and O–H groups in total. The zero-order valence-electron chi connectivity index (χ0n) is 22.0. The van der Waals surface area contributed by atoms with Gasteiger partial charge in [0.05, 0.1) is 6.61 Å². The number of hydrogen-bond acceptors (Lipinski definition) is 4. The molecule has 196 valence electrons. The fraction of sp³-hybridized carbons (Fsp3) is 0.294. The van der Waals surface area contributed by atoms with Gasteiger partial charge in [-0.2, -0.15) is 0 Å². The lowest BCUT2D eigenvalue weighted by Crippen LogP contribution is -2.06. The van der Waals surface area contributed by atoms with Gasteiger partial charge in [-0.15, -0.1) is 0 Å². The molecule has 0 saturated heterocycles. The number of hydrogen-bond donors (Lipinski definition) is 3. The third-order valence-corrected chi connectivity index (χ3v) is 7.56. The Morgan fingerprint density at radius 3 is 1.21 bits per heavy atom. The fourth-order valence-electron chi connectivity index (χ4n) is 5.42. The second kappa shape index (κ2) is 11.6. The van der Waals surface area contributed by atoms with Crippen molar-refractivity contribution >= 4 is 0 Å². The summed E-state index contributed by atoms with van der Waals surface area (Å²) in [5.74, 6) is 1.56. The number of aromatic hydroxyl groups is 3. The number of benzene rings is 4. The van der Waals surface area contributed by atoms with Crippen molar-refractivity contribution in [3.63, 3.8) is 0 Å². The summed E-state index contributed by atoms with van der Waals surface area (Å²) in [5.41, 5.74) is 6.70. The number of rotatable bonds is 6. The molecule has 1 aliphatic carbocycles. The smallest absolute Gasteiger partial charge is 0.126 e. The number of ether oxygens (including phenoxy) is 1. The standard InChI is InChI=1S/C34H36O4/c1-2-3-4-5-18-38-34-29-16-9-17-30(34)22-28-15-8-13-26(33(28)37)20-24-11-6-10-23(31(24)35)19-25-12-7-14-27(21-29)32(25)36/h6-17,35-37H,2-5,18-22H2,1H3. The minimum Gasteiger partial charge on any atom is -0.507 e. The van der Waals surface area contributed by atoms with E-state index in [1.807, 2.05) is 60.7 Å². The third kappa shape index (κ3) is 5.50. The molecule has 0 spiro atoms. The monoisotopic (exact) mass is 508 g/mol. The molecule has 4 aromatic rings. The van der Waals surface area contributed by atoms with Crippen LogP contribution in [0, 0.1) is 0 Å². The van der Waals surface area contributed by atoms with Gasteiger partial charge >= 0.3 is 0 Å². The van der Waals surface area contributed by atoms with Crippen LogP contribution in [0.1, 0.15) is 77.1 Å². The van der Waals surface area contributed by atoms with E-state index in [0.29, 0.717) is 32.3 Å². The summed E-state index contributed by atoms with van der Waals surface area (Å²) < 4.78 is 6.44. The Morgan fingerprint density at radius 1 is 0.500 bits per heavy atom. The van der Waals surface area contributed by atoms with Crippen molar-refractivity contribution in [1.82, 2.24) is 0 Å². The normalized spacial score (nSPS) is 12.8. The van der Waals surface area contributed by atoms with Gasteiger partial charge in [0.1, 0.15) is 23.0 Å². The molecule has 0 aliphatic heterocycles.